The summed E-state index contributed by atoms with van der Waals surface area (Å²) in [6.07, 6.45) is 3.09. The predicted molar refractivity (Wildman–Crippen MR) is 63.0 cm³/mol. The summed E-state index contributed by atoms with van der Waals surface area (Å²) in [7, 11) is 2.00. The molecule has 0 aromatic carbocycles. The number of thiazole rings is 1. The predicted octanol–water partition coefficient (Wildman–Crippen LogP) is 2.59. The highest BCUT2D eigenvalue weighted by molar-refractivity contribution is 7.11. The second-order valence-electron chi connectivity index (χ2n) is 4.78. The third-order valence-electron chi connectivity index (χ3n) is 2.20. The van der Waals surface area contributed by atoms with E-state index in [-0.39, 0.29) is 5.41 Å². The zero-order chi connectivity index (χ0) is 10.8. The Morgan fingerprint density at radius 3 is 2.57 bits per heavy atom. The molecule has 80 valence electrons. The summed E-state index contributed by atoms with van der Waals surface area (Å²) in [5, 5.41) is 4.47. The van der Waals surface area contributed by atoms with E-state index < -0.39 is 0 Å². The fraction of sp³-hybridized carbons (Fsp3) is 0.727. The first kappa shape index (κ1) is 11.7. The molecular weight excluding hydrogens is 192 g/mol. The first-order valence-corrected chi connectivity index (χ1v) is 5.87. The molecule has 1 unspecified atom stereocenters. The number of nitrogens with zero attached hydrogens (tertiary/aromatic N) is 1. The molecule has 0 saturated carbocycles. The van der Waals surface area contributed by atoms with Crippen LogP contribution in [0, 0.1) is 0 Å². The van der Waals surface area contributed by atoms with Gasteiger partial charge in [-0.05, 0) is 20.4 Å². The van der Waals surface area contributed by atoms with Crippen LogP contribution in [0.15, 0.2) is 6.20 Å². The summed E-state index contributed by atoms with van der Waals surface area (Å²) in [5.74, 6) is 0. The van der Waals surface area contributed by atoms with Gasteiger partial charge in [0.25, 0.3) is 0 Å². The van der Waals surface area contributed by atoms with Crippen LogP contribution in [0.3, 0.4) is 0 Å². The highest BCUT2D eigenvalue weighted by atomic mass is 32.1. The summed E-state index contributed by atoms with van der Waals surface area (Å²) < 4.78 is 0. The Bertz CT molecular complexity index is 286. The average molecular weight is 212 g/mol. The largest absolute Gasteiger partial charge is 0.317 e. The maximum absolute atomic E-state index is 4.47. The van der Waals surface area contributed by atoms with Crippen LogP contribution in [0.4, 0.5) is 0 Å². The molecule has 14 heavy (non-hydrogen) atoms. The number of nitrogens with one attached hydrogen (secondary N) is 1. The highest BCUT2D eigenvalue weighted by Crippen LogP contribution is 2.27. The molecule has 0 aliphatic carbocycles. The second kappa shape index (κ2) is 4.41. The summed E-state index contributed by atoms with van der Waals surface area (Å²) in [4.78, 5) is 5.84. The third-order valence-corrected chi connectivity index (χ3v) is 3.64. The number of hydrogen-bond acceptors (Lipinski definition) is 3. The molecule has 1 aromatic rings. The van der Waals surface area contributed by atoms with Crippen LogP contribution in [0.25, 0.3) is 0 Å². The average Bonchev–Trinajstić information content (AvgIpc) is 2.51. The van der Waals surface area contributed by atoms with E-state index in [0.29, 0.717) is 6.04 Å². The van der Waals surface area contributed by atoms with Crippen molar-refractivity contribution in [3.05, 3.63) is 16.1 Å². The van der Waals surface area contributed by atoms with Gasteiger partial charge >= 0.3 is 0 Å². The lowest BCUT2D eigenvalue weighted by molar-refractivity contribution is 0.585. The van der Waals surface area contributed by atoms with Crippen LogP contribution >= 0.6 is 11.3 Å². The van der Waals surface area contributed by atoms with Gasteiger partial charge in [-0.25, -0.2) is 4.98 Å². The van der Waals surface area contributed by atoms with E-state index in [4.69, 9.17) is 0 Å². The molecule has 0 spiro atoms. The smallest absolute Gasteiger partial charge is 0.0981 e. The summed E-state index contributed by atoms with van der Waals surface area (Å²) >= 11 is 1.83. The van der Waals surface area contributed by atoms with E-state index >= 15 is 0 Å². The zero-order valence-electron chi connectivity index (χ0n) is 9.72. The minimum Gasteiger partial charge on any atom is -0.317 e. The van der Waals surface area contributed by atoms with Gasteiger partial charge in [-0.1, -0.05) is 20.8 Å². The number of rotatable bonds is 3. The highest BCUT2D eigenvalue weighted by Gasteiger charge is 2.18. The third kappa shape index (κ3) is 3.07. The fourth-order valence-corrected chi connectivity index (χ4v) is 2.25. The molecule has 3 heteroatoms. The standard InChI is InChI=1S/C11H20N2S/c1-8(12-5)6-9-7-13-10(14-9)11(2,3)4/h7-8,12H,6H2,1-5H3. The summed E-state index contributed by atoms with van der Waals surface area (Å²) in [6, 6.07) is 0.531. The number of likely N-dealkylation sites (N-methyl/N-ethyl adjacent to an activating group) is 1. The van der Waals surface area contributed by atoms with E-state index in [1.54, 1.807) is 0 Å². The summed E-state index contributed by atoms with van der Waals surface area (Å²) in [5.41, 5.74) is 0.186. The van der Waals surface area contributed by atoms with Crippen LogP contribution in [-0.4, -0.2) is 18.1 Å². The van der Waals surface area contributed by atoms with Gasteiger partial charge in [-0.3, -0.25) is 0 Å². The van der Waals surface area contributed by atoms with Gasteiger partial charge in [0.1, 0.15) is 0 Å². The minimum atomic E-state index is 0.186. The van der Waals surface area contributed by atoms with E-state index in [2.05, 4.69) is 38.0 Å². The van der Waals surface area contributed by atoms with Gasteiger partial charge in [0.15, 0.2) is 0 Å². The Labute approximate surface area is 90.8 Å². The number of hydrogen-bond donors (Lipinski definition) is 1. The zero-order valence-corrected chi connectivity index (χ0v) is 10.5. The fourth-order valence-electron chi connectivity index (χ4n) is 1.15. The van der Waals surface area contributed by atoms with E-state index in [1.807, 2.05) is 24.6 Å². The first-order valence-electron chi connectivity index (χ1n) is 5.06. The van der Waals surface area contributed by atoms with Crippen molar-refractivity contribution in [2.24, 2.45) is 0 Å². The minimum absolute atomic E-state index is 0.186. The quantitative estimate of drug-likeness (QED) is 0.833. The van der Waals surface area contributed by atoms with Crippen LogP contribution < -0.4 is 5.32 Å². The number of aromatic nitrogens is 1. The SMILES string of the molecule is CNC(C)Cc1cnc(C(C)(C)C)s1. The monoisotopic (exact) mass is 212 g/mol. The van der Waals surface area contributed by atoms with Crippen molar-refractivity contribution in [1.82, 2.24) is 10.3 Å². The van der Waals surface area contributed by atoms with Crippen molar-refractivity contribution in [2.75, 3.05) is 7.05 Å². The molecule has 1 aromatic heterocycles. The Morgan fingerprint density at radius 2 is 2.14 bits per heavy atom. The molecule has 2 nitrogen and oxygen atoms in total. The van der Waals surface area contributed by atoms with Crippen molar-refractivity contribution >= 4 is 11.3 Å². The van der Waals surface area contributed by atoms with Crippen molar-refractivity contribution in [3.8, 4) is 0 Å². The second-order valence-corrected chi connectivity index (χ2v) is 5.89. The van der Waals surface area contributed by atoms with Crippen molar-refractivity contribution in [2.45, 2.75) is 45.6 Å². The maximum Gasteiger partial charge on any atom is 0.0981 e. The van der Waals surface area contributed by atoms with Gasteiger partial charge in [0, 0.05) is 22.5 Å². The lowest BCUT2D eigenvalue weighted by Crippen LogP contribution is -2.22. The normalized spacial score (nSPS) is 14.4. The first-order chi connectivity index (χ1) is 6.43. The molecule has 1 N–H and O–H groups in total. The van der Waals surface area contributed by atoms with Gasteiger partial charge in [0.05, 0.1) is 5.01 Å². The molecule has 0 amide bonds. The van der Waals surface area contributed by atoms with Crippen molar-refractivity contribution in [1.29, 1.82) is 0 Å². The maximum atomic E-state index is 4.47. The Hall–Kier alpha value is -0.410. The van der Waals surface area contributed by atoms with Gasteiger partial charge in [-0.15, -0.1) is 11.3 Å². The van der Waals surface area contributed by atoms with Crippen LogP contribution in [0.1, 0.15) is 37.6 Å². The molecule has 1 rings (SSSR count). The van der Waals surface area contributed by atoms with Crippen molar-refractivity contribution < 1.29 is 0 Å². The summed E-state index contributed by atoms with van der Waals surface area (Å²) in [6.45, 7) is 8.81. The van der Waals surface area contributed by atoms with Gasteiger partial charge in [0.2, 0.25) is 0 Å². The molecule has 0 fully saturated rings. The Kier molecular flexibility index (Phi) is 3.67. The molecular formula is C11H20N2S. The molecule has 1 atom stereocenters. The van der Waals surface area contributed by atoms with Gasteiger partial charge < -0.3 is 5.32 Å². The molecule has 1 heterocycles. The van der Waals surface area contributed by atoms with Crippen LogP contribution in [0.2, 0.25) is 0 Å². The topological polar surface area (TPSA) is 24.9 Å². The Balaban J connectivity index is 2.69. The van der Waals surface area contributed by atoms with E-state index in [9.17, 15) is 0 Å². The van der Waals surface area contributed by atoms with Crippen molar-refractivity contribution in [3.63, 3.8) is 0 Å². The van der Waals surface area contributed by atoms with E-state index in [0.717, 1.165) is 6.42 Å². The van der Waals surface area contributed by atoms with Crippen LogP contribution in [0.5, 0.6) is 0 Å². The lowest BCUT2D eigenvalue weighted by atomic mass is 9.98. The molecule has 0 aliphatic rings. The molecule has 0 bridgehead atoms. The lowest BCUT2D eigenvalue weighted by Gasteiger charge is -2.13. The Morgan fingerprint density at radius 1 is 1.50 bits per heavy atom. The molecule has 0 radical (unpaired) electrons. The molecule has 0 aliphatic heterocycles. The van der Waals surface area contributed by atoms with E-state index in [1.165, 1.54) is 9.88 Å². The van der Waals surface area contributed by atoms with Crippen LogP contribution in [-0.2, 0) is 11.8 Å². The molecule has 0 saturated heterocycles. The van der Waals surface area contributed by atoms with Gasteiger partial charge in [-0.2, -0.15) is 0 Å².